The van der Waals surface area contributed by atoms with E-state index in [2.05, 4.69) is 9.17 Å². The van der Waals surface area contributed by atoms with Crippen molar-refractivity contribution < 1.29 is 25.8 Å². The molecule has 0 aliphatic carbocycles. The third kappa shape index (κ3) is 3.82. The molecule has 0 radical (unpaired) electrons. The summed E-state index contributed by atoms with van der Waals surface area (Å²) in [6, 6.07) is 5.72. The van der Waals surface area contributed by atoms with E-state index in [4.69, 9.17) is 0 Å². The number of halogens is 3. The van der Waals surface area contributed by atoms with Crippen molar-refractivity contribution in [2.45, 2.75) is 6.18 Å². The van der Waals surface area contributed by atoms with Crippen LogP contribution in [0.4, 0.5) is 13.2 Å². The molecular weight excluding hydrogens is 283 g/mol. The Morgan fingerprint density at radius 2 is 1.89 bits per heavy atom. The Hall–Kier alpha value is -1.83. The first-order chi connectivity index (χ1) is 8.75. The monoisotopic (exact) mass is 291 g/mol. The van der Waals surface area contributed by atoms with Crippen LogP contribution in [0.3, 0.4) is 0 Å². The van der Waals surface area contributed by atoms with Gasteiger partial charge in [-0.15, -0.1) is 0 Å². The molecule has 0 N–H and O–H groups in total. The maximum absolute atomic E-state index is 12.0. The lowest BCUT2D eigenvalue weighted by Gasteiger charge is -2.09. The zero-order chi connectivity index (χ0) is 14.1. The van der Waals surface area contributed by atoms with Crippen LogP contribution in [0.1, 0.15) is 0 Å². The average molecular weight is 291 g/mol. The van der Waals surface area contributed by atoms with Crippen LogP contribution in [0, 0.1) is 0 Å². The van der Waals surface area contributed by atoms with Gasteiger partial charge in [0.15, 0.2) is 5.75 Å². The smallest absolute Gasteiger partial charge is 0.382 e. The number of pyridine rings is 1. The van der Waals surface area contributed by atoms with Crippen LogP contribution in [0.25, 0.3) is 10.8 Å². The minimum Gasteiger partial charge on any atom is -0.382 e. The minimum absolute atomic E-state index is 0.164. The molecule has 2 aromatic rings. The van der Waals surface area contributed by atoms with Crippen molar-refractivity contribution in [1.82, 2.24) is 4.98 Å². The quantitative estimate of drug-likeness (QED) is 0.815. The molecule has 8 heteroatoms. The van der Waals surface area contributed by atoms with Gasteiger partial charge in [0.2, 0.25) is 0 Å². The molecule has 0 saturated carbocycles. The Morgan fingerprint density at radius 3 is 2.58 bits per heavy atom. The minimum atomic E-state index is -4.83. The number of fused-ring (bicyclic) bond motifs is 1. The fourth-order valence-electron chi connectivity index (χ4n) is 1.49. The lowest BCUT2D eigenvalue weighted by molar-refractivity contribution is -0.107. The van der Waals surface area contributed by atoms with Gasteiger partial charge in [0.1, 0.15) is 5.75 Å². The van der Waals surface area contributed by atoms with E-state index in [9.17, 15) is 21.6 Å². The van der Waals surface area contributed by atoms with Gasteiger partial charge in [-0.1, -0.05) is 0 Å². The van der Waals surface area contributed by atoms with Crippen LogP contribution < -0.4 is 4.18 Å². The molecule has 19 heavy (non-hydrogen) atoms. The third-order valence-electron chi connectivity index (χ3n) is 2.18. The molecule has 0 bridgehead atoms. The van der Waals surface area contributed by atoms with Crippen molar-refractivity contribution in [3.05, 3.63) is 36.7 Å². The van der Waals surface area contributed by atoms with Crippen molar-refractivity contribution in [2.75, 3.05) is 5.75 Å². The molecule has 102 valence electrons. The number of rotatable bonds is 3. The second-order valence-corrected chi connectivity index (χ2v) is 5.36. The van der Waals surface area contributed by atoms with Gasteiger partial charge in [-0.05, 0) is 29.7 Å². The highest BCUT2D eigenvalue weighted by Gasteiger charge is 2.36. The summed E-state index contributed by atoms with van der Waals surface area (Å²) in [5.74, 6) is -2.18. The van der Waals surface area contributed by atoms with Crippen LogP contribution in [0.15, 0.2) is 36.7 Å². The summed E-state index contributed by atoms with van der Waals surface area (Å²) in [6.07, 6.45) is -1.81. The van der Waals surface area contributed by atoms with Gasteiger partial charge >= 0.3 is 16.3 Å². The highest BCUT2D eigenvalue weighted by Crippen LogP contribution is 2.23. The summed E-state index contributed by atoms with van der Waals surface area (Å²) in [5.41, 5.74) is 0. The molecule has 0 atom stereocenters. The molecule has 0 amide bonds. The van der Waals surface area contributed by atoms with E-state index in [1.165, 1.54) is 24.4 Å². The molecule has 4 nitrogen and oxygen atoms in total. The number of nitrogens with zero attached hydrogens (tertiary/aromatic N) is 1. The number of hydrogen-bond acceptors (Lipinski definition) is 4. The normalized spacial score (nSPS) is 12.6. The summed E-state index contributed by atoms with van der Waals surface area (Å²) >= 11 is 0. The van der Waals surface area contributed by atoms with Crippen LogP contribution >= 0.6 is 0 Å². The topological polar surface area (TPSA) is 56.3 Å². The van der Waals surface area contributed by atoms with E-state index in [0.29, 0.717) is 5.39 Å². The maximum Gasteiger partial charge on any atom is 0.406 e. The Bertz CT molecular complexity index is 698. The lowest BCUT2D eigenvalue weighted by Crippen LogP contribution is -2.26. The fraction of sp³-hybridized carbons (Fsp3) is 0.182. The molecule has 1 aromatic heterocycles. The van der Waals surface area contributed by atoms with Gasteiger partial charge in [0, 0.05) is 17.8 Å². The van der Waals surface area contributed by atoms with Gasteiger partial charge in [-0.25, -0.2) is 0 Å². The highest BCUT2D eigenvalue weighted by atomic mass is 32.2. The maximum atomic E-state index is 12.0. The van der Waals surface area contributed by atoms with Crippen molar-refractivity contribution in [2.24, 2.45) is 0 Å². The van der Waals surface area contributed by atoms with E-state index < -0.39 is 22.0 Å². The second-order valence-electron chi connectivity index (χ2n) is 3.79. The SMILES string of the molecule is O=S(=O)(CC(F)(F)F)Oc1ccc2cnccc2c1. The van der Waals surface area contributed by atoms with E-state index in [1.807, 2.05) is 0 Å². The second kappa shape index (κ2) is 4.69. The fourth-order valence-corrected chi connectivity index (χ4v) is 2.35. The lowest BCUT2D eigenvalue weighted by atomic mass is 10.2. The Balaban J connectivity index is 2.26. The molecular formula is C11H8F3NO3S. The predicted molar refractivity (Wildman–Crippen MR) is 62.2 cm³/mol. The Kier molecular flexibility index (Phi) is 3.36. The number of hydrogen-bond donors (Lipinski definition) is 0. The van der Waals surface area contributed by atoms with Crippen molar-refractivity contribution in [3.8, 4) is 5.75 Å². The van der Waals surface area contributed by atoms with Crippen LogP contribution in [0.5, 0.6) is 5.75 Å². The average Bonchev–Trinajstić information content (AvgIpc) is 2.24. The summed E-state index contributed by atoms with van der Waals surface area (Å²) in [4.78, 5) is 3.86. The molecule has 0 saturated heterocycles. The van der Waals surface area contributed by atoms with Gasteiger partial charge in [0.05, 0.1) is 0 Å². The van der Waals surface area contributed by atoms with Crippen molar-refractivity contribution in [3.63, 3.8) is 0 Å². The molecule has 0 aliphatic heterocycles. The zero-order valence-electron chi connectivity index (χ0n) is 9.39. The molecule has 2 rings (SSSR count). The van der Waals surface area contributed by atoms with Gasteiger partial charge in [0.25, 0.3) is 0 Å². The summed E-state index contributed by atoms with van der Waals surface area (Å²) in [5, 5.41) is 1.35. The van der Waals surface area contributed by atoms with Crippen molar-refractivity contribution >= 4 is 20.9 Å². The predicted octanol–water partition coefficient (Wildman–Crippen LogP) is 2.51. The first-order valence-electron chi connectivity index (χ1n) is 5.08. The molecule has 0 unspecified atom stereocenters. The van der Waals surface area contributed by atoms with E-state index in [1.54, 1.807) is 12.3 Å². The first kappa shape index (κ1) is 13.6. The summed E-state index contributed by atoms with van der Waals surface area (Å²) in [6.45, 7) is 0. The van der Waals surface area contributed by atoms with Crippen molar-refractivity contribution in [1.29, 1.82) is 0 Å². The molecule has 1 heterocycles. The summed E-state index contributed by atoms with van der Waals surface area (Å²) < 4.78 is 62.9. The largest absolute Gasteiger partial charge is 0.406 e. The van der Waals surface area contributed by atoms with E-state index in [-0.39, 0.29) is 5.75 Å². The number of benzene rings is 1. The number of alkyl halides is 3. The van der Waals surface area contributed by atoms with Gasteiger partial charge in [-0.2, -0.15) is 21.6 Å². The van der Waals surface area contributed by atoms with E-state index >= 15 is 0 Å². The first-order valence-corrected chi connectivity index (χ1v) is 6.66. The third-order valence-corrected chi connectivity index (χ3v) is 3.30. The standard InChI is InChI=1S/C11H8F3NO3S/c12-11(13,14)7-19(16,17)18-10-2-1-9-6-15-4-3-8(9)5-10/h1-6H,7H2. The molecule has 0 fully saturated rings. The van der Waals surface area contributed by atoms with E-state index in [0.717, 1.165) is 5.39 Å². The Labute approximate surface area is 107 Å². The van der Waals surface area contributed by atoms with Crippen LogP contribution in [-0.4, -0.2) is 25.3 Å². The zero-order valence-corrected chi connectivity index (χ0v) is 10.2. The highest BCUT2D eigenvalue weighted by molar-refractivity contribution is 7.87. The molecule has 1 aromatic carbocycles. The number of aromatic nitrogens is 1. The Morgan fingerprint density at radius 1 is 1.16 bits per heavy atom. The summed E-state index contributed by atoms with van der Waals surface area (Å²) in [7, 11) is -4.70. The van der Waals surface area contributed by atoms with Gasteiger partial charge in [-0.3, -0.25) is 4.98 Å². The van der Waals surface area contributed by atoms with Crippen LogP contribution in [-0.2, 0) is 10.1 Å². The van der Waals surface area contributed by atoms with Gasteiger partial charge < -0.3 is 4.18 Å². The molecule has 0 aliphatic rings. The molecule has 0 spiro atoms. The van der Waals surface area contributed by atoms with Crippen LogP contribution in [0.2, 0.25) is 0 Å².